The number of hydrogen-bond acceptors (Lipinski definition) is 2. The minimum atomic E-state index is -0.336. The summed E-state index contributed by atoms with van der Waals surface area (Å²) < 4.78 is 0. The topological polar surface area (TPSA) is 55.1 Å². The molecule has 0 radical (unpaired) electrons. The summed E-state index contributed by atoms with van der Waals surface area (Å²) >= 11 is 0. The summed E-state index contributed by atoms with van der Waals surface area (Å²) in [5.74, 6) is 2.04. The highest BCUT2D eigenvalue weighted by molar-refractivity contribution is 5.81. The Hall–Kier alpha value is -0.570. The van der Waals surface area contributed by atoms with E-state index >= 15 is 0 Å². The summed E-state index contributed by atoms with van der Waals surface area (Å²) in [4.78, 5) is 11.7. The second-order valence-corrected chi connectivity index (χ2v) is 6.11. The number of rotatable bonds is 5. The molecule has 1 aliphatic carbocycles. The molecule has 0 aromatic carbocycles. The van der Waals surface area contributed by atoms with Crippen LogP contribution in [0.5, 0.6) is 0 Å². The SMILES string of the molecule is CC(C)C[C@@H](N)C(=O)NCC1CCC(C)CC1. The Kier molecular flexibility index (Phi) is 5.96. The number of amides is 1. The first kappa shape index (κ1) is 14.5. The highest BCUT2D eigenvalue weighted by Gasteiger charge is 2.20. The van der Waals surface area contributed by atoms with Crippen molar-refractivity contribution in [2.24, 2.45) is 23.5 Å². The van der Waals surface area contributed by atoms with Crippen molar-refractivity contribution in [3.63, 3.8) is 0 Å². The van der Waals surface area contributed by atoms with Crippen molar-refractivity contribution in [2.75, 3.05) is 6.54 Å². The number of carbonyl (C=O) groups excluding carboxylic acids is 1. The maximum absolute atomic E-state index is 11.7. The molecule has 100 valence electrons. The first-order chi connectivity index (χ1) is 7.99. The maximum Gasteiger partial charge on any atom is 0.236 e. The van der Waals surface area contributed by atoms with Gasteiger partial charge >= 0.3 is 0 Å². The van der Waals surface area contributed by atoms with Crippen molar-refractivity contribution in [3.8, 4) is 0 Å². The molecule has 1 aliphatic rings. The lowest BCUT2D eigenvalue weighted by Gasteiger charge is -2.26. The molecule has 0 saturated heterocycles. The number of nitrogens with two attached hydrogens (primary N) is 1. The van der Waals surface area contributed by atoms with E-state index in [9.17, 15) is 4.79 Å². The second-order valence-electron chi connectivity index (χ2n) is 6.11. The van der Waals surface area contributed by atoms with Crippen LogP contribution >= 0.6 is 0 Å². The minimum Gasteiger partial charge on any atom is -0.354 e. The number of nitrogens with one attached hydrogen (secondary N) is 1. The summed E-state index contributed by atoms with van der Waals surface area (Å²) in [7, 11) is 0. The summed E-state index contributed by atoms with van der Waals surface area (Å²) in [6.07, 6.45) is 5.88. The highest BCUT2D eigenvalue weighted by Crippen LogP contribution is 2.27. The normalized spacial score (nSPS) is 26.9. The molecule has 0 heterocycles. The van der Waals surface area contributed by atoms with Gasteiger partial charge in [-0.2, -0.15) is 0 Å². The second kappa shape index (κ2) is 7.00. The highest BCUT2D eigenvalue weighted by atomic mass is 16.2. The molecule has 3 N–H and O–H groups in total. The van der Waals surface area contributed by atoms with E-state index in [4.69, 9.17) is 5.73 Å². The summed E-state index contributed by atoms with van der Waals surface area (Å²) in [6, 6.07) is -0.336. The van der Waals surface area contributed by atoms with Crippen LogP contribution in [0.3, 0.4) is 0 Å². The third-order valence-electron chi connectivity index (χ3n) is 3.76. The van der Waals surface area contributed by atoms with Crippen LogP contribution in [0.15, 0.2) is 0 Å². The molecule has 0 bridgehead atoms. The fraction of sp³-hybridized carbons (Fsp3) is 0.929. The van der Waals surface area contributed by atoms with Gasteiger partial charge < -0.3 is 11.1 Å². The molecular weight excluding hydrogens is 212 g/mol. The fourth-order valence-electron chi connectivity index (χ4n) is 2.52. The molecule has 0 aromatic rings. The molecule has 1 amide bonds. The van der Waals surface area contributed by atoms with Crippen LogP contribution in [0.25, 0.3) is 0 Å². The lowest BCUT2D eigenvalue weighted by atomic mass is 9.83. The molecule has 0 aromatic heterocycles. The average molecular weight is 240 g/mol. The molecule has 0 aliphatic heterocycles. The molecule has 1 fully saturated rings. The lowest BCUT2D eigenvalue weighted by Crippen LogP contribution is -2.43. The van der Waals surface area contributed by atoms with E-state index < -0.39 is 0 Å². The van der Waals surface area contributed by atoms with Crippen molar-refractivity contribution in [3.05, 3.63) is 0 Å². The van der Waals surface area contributed by atoms with Gasteiger partial charge in [0.2, 0.25) is 5.91 Å². The monoisotopic (exact) mass is 240 g/mol. The van der Waals surface area contributed by atoms with Gasteiger partial charge in [0.15, 0.2) is 0 Å². The Morgan fingerprint density at radius 3 is 2.41 bits per heavy atom. The minimum absolute atomic E-state index is 0.0253. The molecule has 1 saturated carbocycles. The van der Waals surface area contributed by atoms with Crippen LogP contribution in [-0.4, -0.2) is 18.5 Å². The van der Waals surface area contributed by atoms with Gasteiger partial charge in [-0.3, -0.25) is 4.79 Å². The first-order valence-electron chi connectivity index (χ1n) is 7.02. The molecule has 0 spiro atoms. The van der Waals surface area contributed by atoms with Crippen molar-refractivity contribution in [2.45, 2.75) is 58.9 Å². The molecule has 1 atom stereocenters. The van der Waals surface area contributed by atoms with Crippen LogP contribution in [0.4, 0.5) is 0 Å². The predicted molar refractivity (Wildman–Crippen MR) is 71.6 cm³/mol. The van der Waals surface area contributed by atoms with Crippen molar-refractivity contribution in [1.29, 1.82) is 0 Å². The van der Waals surface area contributed by atoms with E-state index in [0.29, 0.717) is 11.8 Å². The van der Waals surface area contributed by atoms with E-state index in [0.717, 1.165) is 18.9 Å². The van der Waals surface area contributed by atoms with Gasteiger partial charge in [0, 0.05) is 6.54 Å². The van der Waals surface area contributed by atoms with Crippen molar-refractivity contribution >= 4 is 5.91 Å². The Morgan fingerprint density at radius 1 is 1.29 bits per heavy atom. The zero-order valence-electron chi connectivity index (χ0n) is 11.5. The van der Waals surface area contributed by atoms with Gasteiger partial charge in [0.1, 0.15) is 0 Å². The molecule has 3 heteroatoms. The Labute approximate surface area is 106 Å². The molecule has 3 nitrogen and oxygen atoms in total. The van der Waals surface area contributed by atoms with Crippen LogP contribution in [0.2, 0.25) is 0 Å². The van der Waals surface area contributed by atoms with E-state index in [2.05, 4.69) is 26.1 Å². The zero-order valence-corrected chi connectivity index (χ0v) is 11.5. The van der Waals surface area contributed by atoms with Gasteiger partial charge in [-0.15, -0.1) is 0 Å². The van der Waals surface area contributed by atoms with Crippen molar-refractivity contribution in [1.82, 2.24) is 5.32 Å². The largest absolute Gasteiger partial charge is 0.354 e. The quantitative estimate of drug-likeness (QED) is 0.774. The van der Waals surface area contributed by atoms with Crippen molar-refractivity contribution < 1.29 is 4.79 Å². The van der Waals surface area contributed by atoms with Gasteiger partial charge in [-0.05, 0) is 37.0 Å². The molecule has 0 unspecified atom stereocenters. The van der Waals surface area contributed by atoms with E-state index in [1.165, 1.54) is 25.7 Å². The maximum atomic E-state index is 11.7. The molecular formula is C14H28N2O. The van der Waals surface area contributed by atoms with Crippen LogP contribution in [0.1, 0.15) is 52.9 Å². The molecule has 1 rings (SSSR count). The zero-order chi connectivity index (χ0) is 12.8. The summed E-state index contributed by atoms with van der Waals surface area (Å²) in [5, 5.41) is 3.01. The van der Waals surface area contributed by atoms with Gasteiger partial charge in [-0.1, -0.05) is 33.6 Å². The van der Waals surface area contributed by atoms with Gasteiger partial charge in [0.25, 0.3) is 0 Å². The van der Waals surface area contributed by atoms with Gasteiger partial charge in [0.05, 0.1) is 6.04 Å². The van der Waals surface area contributed by atoms with Gasteiger partial charge in [-0.25, -0.2) is 0 Å². The Bertz CT molecular complexity index is 232. The fourth-order valence-corrected chi connectivity index (χ4v) is 2.52. The van der Waals surface area contributed by atoms with E-state index in [1.54, 1.807) is 0 Å². The smallest absolute Gasteiger partial charge is 0.236 e. The third kappa shape index (κ3) is 5.53. The van der Waals surface area contributed by atoms with E-state index in [-0.39, 0.29) is 11.9 Å². The summed E-state index contributed by atoms with van der Waals surface area (Å²) in [5.41, 5.74) is 5.84. The lowest BCUT2D eigenvalue weighted by molar-refractivity contribution is -0.122. The predicted octanol–water partition coefficient (Wildman–Crippen LogP) is 2.30. The van der Waals surface area contributed by atoms with Crippen LogP contribution in [-0.2, 0) is 4.79 Å². The van der Waals surface area contributed by atoms with Crippen LogP contribution in [0, 0.1) is 17.8 Å². The Balaban J connectivity index is 2.19. The molecule has 17 heavy (non-hydrogen) atoms. The van der Waals surface area contributed by atoms with Crippen LogP contribution < -0.4 is 11.1 Å². The van der Waals surface area contributed by atoms with E-state index in [1.807, 2.05) is 0 Å². The average Bonchev–Trinajstić information content (AvgIpc) is 2.27. The first-order valence-corrected chi connectivity index (χ1v) is 7.02. The number of carbonyl (C=O) groups is 1. The standard InChI is InChI=1S/C14H28N2O/c1-10(2)8-13(15)14(17)16-9-12-6-4-11(3)5-7-12/h10-13H,4-9,15H2,1-3H3,(H,16,17)/t11?,12?,13-/m1/s1. The number of hydrogen-bond donors (Lipinski definition) is 2. The summed E-state index contributed by atoms with van der Waals surface area (Å²) in [6.45, 7) is 7.32. The Morgan fingerprint density at radius 2 is 1.88 bits per heavy atom. The third-order valence-corrected chi connectivity index (χ3v) is 3.76.